The SMILES string of the molecule is CC(=O)Nc1ccc(C(=O)NCc2ccc(N3CCOCC3)cc2)c(N2CCOCC2)c1. The highest BCUT2D eigenvalue weighted by atomic mass is 16.5. The first-order valence-corrected chi connectivity index (χ1v) is 11.0. The number of rotatable bonds is 6. The molecule has 2 heterocycles. The Morgan fingerprint density at radius 1 is 0.875 bits per heavy atom. The molecule has 2 aliphatic heterocycles. The number of amides is 2. The zero-order valence-electron chi connectivity index (χ0n) is 18.4. The van der Waals surface area contributed by atoms with Crippen LogP contribution in [0.15, 0.2) is 42.5 Å². The van der Waals surface area contributed by atoms with Crippen LogP contribution in [0.25, 0.3) is 0 Å². The molecule has 0 radical (unpaired) electrons. The third-order valence-electron chi connectivity index (χ3n) is 5.68. The fourth-order valence-corrected chi connectivity index (χ4v) is 3.99. The van der Waals surface area contributed by atoms with Crippen LogP contribution in [0, 0.1) is 0 Å². The van der Waals surface area contributed by atoms with Crippen molar-refractivity contribution >= 4 is 28.9 Å². The van der Waals surface area contributed by atoms with Gasteiger partial charge in [-0.25, -0.2) is 0 Å². The van der Waals surface area contributed by atoms with Crippen LogP contribution in [-0.2, 0) is 20.8 Å². The second kappa shape index (κ2) is 10.5. The maximum atomic E-state index is 13.1. The van der Waals surface area contributed by atoms with E-state index in [1.54, 1.807) is 12.1 Å². The highest BCUT2D eigenvalue weighted by molar-refractivity contribution is 6.01. The van der Waals surface area contributed by atoms with Crippen molar-refractivity contribution in [2.24, 2.45) is 0 Å². The average molecular weight is 439 g/mol. The molecule has 2 aromatic carbocycles. The van der Waals surface area contributed by atoms with E-state index in [1.807, 2.05) is 18.2 Å². The van der Waals surface area contributed by atoms with Crippen LogP contribution in [0.3, 0.4) is 0 Å². The summed E-state index contributed by atoms with van der Waals surface area (Å²) in [7, 11) is 0. The van der Waals surface area contributed by atoms with Gasteiger partial charge >= 0.3 is 0 Å². The van der Waals surface area contributed by atoms with Gasteiger partial charge in [-0.05, 0) is 35.9 Å². The number of ether oxygens (including phenoxy) is 2. The molecule has 0 unspecified atom stereocenters. The summed E-state index contributed by atoms with van der Waals surface area (Å²) in [6.07, 6.45) is 0. The highest BCUT2D eigenvalue weighted by Crippen LogP contribution is 2.26. The zero-order valence-corrected chi connectivity index (χ0v) is 18.4. The van der Waals surface area contributed by atoms with Crippen molar-refractivity contribution in [1.29, 1.82) is 0 Å². The third-order valence-corrected chi connectivity index (χ3v) is 5.68. The van der Waals surface area contributed by atoms with E-state index in [9.17, 15) is 9.59 Å². The van der Waals surface area contributed by atoms with E-state index in [1.165, 1.54) is 12.6 Å². The highest BCUT2D eigenvalue weighted by Gasteiger charge is 2.20. The molecule has 2 amide bonds. The number of anilines is 3. The largest absolute Gasteiger partial charge is 0.378 e. The summed E-state index contributed by atoms with van der Waals surface area (Å²) >= 11 is 0. The average Bonchev–Trinajstić information content (AvgIpc) is 2.83. The zero-order chi connectivity index (χ0) is 22.3. The van der Waals surface area contributed by atoms with Gasteiger partial charge in [0, 0.05) is 51.0 Å². The Morgan fingerprint density at radius 3 is 2.12 bits per heavy atom. The topological polar surface area (TPSA) is 83.1 Å². The predicted molar refractivity (Wildman–Crippen MR) is 124 cm³/mol. The number of nitrogens with one attached hydrogen (secondary N) is 2. The molecule has 8 heteroatoms. The molecule has 0 spiro atoms. The van der Waals surface area contributed by atoms with Crippen molar-refractivity contribution in [2.45, 2.75) is 13.5 Å². The first kappa shape index (κ1) is 22.1. The Hall–Kier alpha value is -3.10. The molecule has 0 atom stereocenters. The van der Waals surface area contributed by atoms with Gasteiger partial charge in [0.1, 0.15) is 0 Å². The molecule has 0 aromatic heterocycles. The maximum absolute atomic E-state index is 13.1. The van der Waals surface area contributed by atoms with Gasteiger partial charge in [-0.15, -0.1) is 0 Å². The molecule has 4 rings (SSSR count). The van der Waals surface area contributed by atoms with E-state index in [0.717, 1.165) is 37.6 Å². The van der Waals surface area contributed by atoms with Crippen molar-refractivity contribution in [1.82, 2.24) is 5.32 Å². The fourth-order valence-electron chi connectivity index (χ4n) is 3.99. The molecular weight excluding hydrogens is 408 g/mol. The maximum Gasteiger partial charge on any atom is 0.253 e. The molecule has 8 nitrogen and oxygen atoms in total. The minimum Gasteiger partial charge on any atom is -0.378 e. The number of morpholine rings is 2. The predicted octanol–water partition coefficient (Wildman–Crippen LogP) is 2.25. The number of carbonyl (C=O) groups excluding carboxylic acids is 2. The van der Waals surface area contributed by atoms with Gasteiger partial charge in [0.25, 0.3) is 5.91 Å². The van der Waals surface area contributed by atoms with Crippen LogP contribution in [0.4, 0.5) is 17.1 Å². The van der Waals surface area contributed by atoms with Gasteiger partial charge in [-0.1, -0.05) is 12.1 Å². The number of carbonyl (C=O) groups is 2. The van der Waals surface area contributed by atoms with E-state index in [4.69, 9.17) is 9.47 Å². The van der Waals surface area contributed by atoms with Crippen molar-refractivity contribution in [2.75, 3.05) is 67.7 Å². The lowest BCUT2D eigenvalue weighted by molar-refractivity contribution is -0.114. The Kier molecular flexibility index (Phi) is 7.24. The minimum absolute atomic E-state index is 0.141. The first-order valence-electron chi connectivity index (χ1n) is 11.0. The molecule has 2 saturated heterocycles. The van der Waals surface area contributed by atoms with Crippen molar-refractivity contribution in [3.8, 4) is 0 Å². The smallest absolute Gasteiger partial charge is 0.253 e. The second-order valence-electron chi connectivity index (χ2n) is 7.96. The Morgan fingerprint density at radius 2 is 1.50 bits per heavy atom. The lowest BCUT2D eigenvalue weighted by Crippen LogP contribution is -2.38. The lowest BCUT2D eigenvalue weighted by atomic mass is 10.1. The molecule has 2 fully saturated rings. The van der Waals surface area contributed by atoms with Gasteiger partial charge in [-0.3, -0.25) is 9.59 Å². The van der Waals surface area contributed by atoms with Crippen LogP contribution < -0.4 is 20.4 Å². The van der Waals surface area contributed by atoms with Crippen LogP contribution >= 0.6 is 0 Å². The Balaban J connectivity index is 1.44. The fraction of sp³-hybridized carbons (Fsp3) is 0.417. The summed E-state index contributed by atoms with van der Waals surface area (Å²) in [5.74, 6) is -0.284. The van der Waals surface area contributed by atoms with Gasteiger partial charge < -0.3 is 29.9 Å². The molecule has 0 aliphatic carbocycles. The molecule has 2 N–H and O–H groups in total. The van der Waals surface area contributed by atoms with Gasteiger partial charge in [-0.2, -0.15) is 0 Å². The van der Waals surface area contributed by atoms with Crippen LogP contribution in [0.5, 0.6) is 0 Å². The van der Waals surface area contributed by atoms with Crippen LogP contribution in [-0.4, -0.2) is 64.4 Å². The van der Waals surface area contributed by atoms with Crippen molar-refractivity contribution in [3.63, 3.8) is 0 Å². The van der Waals surface area contributed by atoms with Gasteiger partial charge in [0.15, 0.2) is 0 Å². The molecule has 0 saturated carbocycles. The summed E-state index contributed by atoms with van der Waals surface area (Å²) in [5, 5.41) is 5.84. The van der Waals surface area contributed by atoms with Crippen molar-refractivity contribution in [3.05, 3.63) is 53.6 Å². The molecular formula is C24H30N4O4. The monoisotopic (exact) mass is 438 g/mol. The van der Waals surface area contributed by atoms with E-state index in [0.29, 0.717) is 44.1 Å². The summed E-state index contributed by atoms with van der Waals surface area (Å²) in [4.78, 5) is 28.9. The number of hydrogen-bond donors (Lipinski definition) is 2. The second-order valence-corrected chi connectivity index (χ2v) is 7.96. The normalized spacial score (nSPS) is 16.5. The van der Waals surface area contributed by atoms with Gasteiger partial charge in [0.05, 0.1) is 37.7 Å². The quantitative estimate of drug-likeness (QED) is 0.720. The molecule has 2 aliphatic rings. The Bertz CT molecular complexity index is 936. The summed E-state index contributed by atoms with van der Waals surface area (Å²) in [6.45, 7) is 7.84. The van der Waals surface area contributed by atoms with Gasteiger partial charge in [0.2, 0.25) is 5.91 Å². The number of nitrogens with zero attached hydrogens (tertiary/aromatic N) is 2. The molecule has 170 valence electrons. The molecule has 32 heavy (non-hydrogen) atoms. The minimum atomic E-state index is -0.143. The van der Waals surface area contributed by atoms with E-state index >= 15 is 0 Å². The van der Waals surface area contributed by atoms with Crippen molar-refractivity contribution < 1.29 is 19.1 Å². The van der Waals surface area contributed by atoms with E-state index in [2.05, 4.69) is 32.6 Å². The molecule has 2 aromatic rings. The van der Waals surface area contributed by atoms with E-state index < -0.39 is 0 Å². The summed E-state index contributed by atoms with van der Waals surface area (Å²) in [5.41, 5.74) is 4.28. The number of hydrogen-bond acceptors (Lipinski definition) is 6. The van der Waals surface area contributed by atoms with E-state index in [-0.39, 0.29) is 11.8 Å². The lowest BCUT2D eigenvalue weighted by Gasteiger charge is -2.30. The standard InChI is InChI=1S/C24H30N4O4/c1-18(29)26-20-4-7-22(23(16-20)28-10-14-32-15-11-28)24(30)25-17-19-2-5-21(6-3-19)27-8-12-31-13-9-27/h2-7,16H,8-15,17H2,1H3,(H,25,30)(H,26,29). The van der Waals surface area contributed by atoms with Crippen LogP contribution in [0.2, 0.25) is 0 Å². The Labute approximate surface area is 188 Å². The molecule has 0 bridgehead atoms. The third kappa shape index (κ3) is 5.57. The summed E-state index contributed by atoms with van der Waals surface area (Å²) < 4.78 is 10.9. The summed E-state index contributed by atoms with van der Waals surface area (Å²) in [6, 6.07) is 13.7. The van der Waals surface area contributed by atoms with Crippen LogP contribution in [0.1, 0.15) is 22.8 Å². The number of benzene rings is 2. The first-order chi connectivity index (χ1) is 15.6.